The maximum atomic E-state index is 12.8. The highest BCUT2D eigenvalue weighted by atomic mass is 19.3. The first-order valence-corrected chi connectivity index (χ1v) is 9.02. The van der Waals surface area contributed by atoms with Crippen molar-refractivity contribution in [3.8, 4) is 0 Å². The predicted molar refractivity (Wildman–Crippen MR) is 92.2 cm³/mol. The number of amides is 1. The summed E-state index contributed by atoms with van der Waals surface area (Å²) < 4.78 is 25.7. The first-order valence-electron chi connectivity index (χ1n) is 9.02. The topological polar surface area (TPSA) is 75.1 Å². The summed E-state index contributed by atoms with van der Waals surface area (Å²) in [4.78, 5) is 21.3. The van der Waals surface area contributed by atoms with E-state index in [0.29, 0.717) is 24.3 Å². The summed E-state index contributed by atoms with van der Waals surface area (Å²) >= 11 is 0. The van der Waals surface area contributed by atoms with Crippen LogP contribution >= 0.6 is 0 Å². The highest BCUT2D eigenvalue weighted by Crippen LogP contribution is 2.39. The van der Waals surface area contributed by atoms with Crippen LogP contribution in [0.15, 0.2) is 24.5 Å². The van der Waals surface area contributed by atoms with Gasteiger partial charge in [0.05, 0.1) is 11.1 Å². The van der Waals surface area contributed by atoms with E-state index in [1.165, 1.54) is 19.0 Å². The number of fused-ring (bicyclic) bond motifs is 1. The molecule has 0 unspecified atom stereocenters. The fraction of sp³-hybridized carbons (Fsp3) is 0.526. The second-order valence-electron chi connectivity index (χ2n) is 7.45. The second-order valence-corrected chi connectivity index (χ2v) is 7.45. The van der Waals surface area contributed by atoms with Crippen LogP contribution in [0.1, 0.15) is 60.5 Å². The van der Waals surface area contributed by atoms with E-state index in [2.05, 4.69) is 15.3 Å². The smallest absolute Gasteiger partial charge is 0.266 e. The number of aliphatic hydroxyl groups is 1. The minimum Gasteiger partial charge on any atom is -0.384 e. The Morgan fingerprint density at radius 3 is 2.54 bits per heavy atom. The molecule has 0 aliphatic heterocycles. The van der Waals surface area contributed by atoms with Crippen LogP contribution in [0.25, 0.3) is 10.9 Å². The summed E-state index contributed by atoms with van der Waals surface area (Å²) in [7, 11) is 0. The lowest BCUT2D eigenvalue weighted by Gasteiger charge is -2.35. The van der Waals surface area contributed by atoms with Crippen molar-refractivity contribution in [1.29, 1.82) is 0 Å². The quantitative estimate of drug-likeness (QED) is 0.877. The Hall–Kier alpha value is -2.15. The van der Waals surface area contributed by atoms with E-state index in [-0.39, 0.29) is 24.8 Å². The van der Waals surface area contributed by atoms with Crippen LogP contribution in [0.4, 0.5) is 8.78 Å². The highest BCUT2D eigenvalue weighted by Gasteiger charge is 2.41. The van der Waals surface area contributed by atoms with Crippen LogP contribution in [0.3, 0.4) is 0 Å². The summed E-state index contributed by atoms with van der Waals surface area (Å²) in [6.45, 7) is 0. The largest absolute Gasteiger partial charge is 0.384 e. The summed E-state index contributed by atoms with van der Waals surface area (Å²) in [5, 5.41) is 13.5. The van der Waals surface area contributed by atoms with Crippen molar-refractivity contribution in [2.45, 2.75) is 62.5 Å². The van der Waals surface area contributed by atoms with Crippen LogP contribution in [0, 0.1) is 0 Å². The van der Waals surface area contributed by atoms with Crippen molar-refractivity contribution in [2.75, 3.05) is 0 Å². The highest BCUT2D eigenvalue weighted by molar-refractivity contribution is 5.97. The van der Waals surface area contributed by atoms with E-state index in [9.17, 15) is 18.7 Å². The molecule has 2 heterocycles. The van der Waals surface area contributed by atoms with Gasteiger partial charge in [0.15, 0.2) is 0 Å². The zero-order chi connectivity index (χ0) is 18.3. The van der Waals surface area contributed by atoms with Crippen LogP contribution in [0.5, 0.6) is 0 Å². The number of nitrogens with one attached hydrogen (secondary N) is 1. The zero-order valence-electron chi connectivity index (χ0n) is 14.3. The Morgan fingerprint density at radius 1 is 1.15 bits per heavy atom. The fourth-order valence-corrected chi connectivity index (χ4v) is 3.51. The molecule has 0 aromatic carbocycles. The van der Waals surface area contributed by atoms with Crippen molar-refractivity contribution >= 4 is 16.8 Å². The molecule has 2 saturated carbocycles. The first-order chi connectivity index (χ1) is 12.4. The predicted octanol–water partition coefficient (Wildman–Crippen LogP) is 3.18. The molecule has 138 valence electrons. The summed E-state index contributed by atoms with van der Waals surface area (Å²) in [5.41, 5.74) is 0.374. The molecule has 4 rings (SSSR count). The third-order valence-electron chi connectivity index (χ3n) is 5.44. The molecule has 2 aromatic rings. The molecular formula is C19H21F2N3O2. The first kappa shape index (κ1) is 17.3. The molecule has 2 fully saturated rings. The Labute approximate surface area is 149 Å². The van der Waals surface area contributed by atoms with Crippen LogP contribution in [-0.4, -0.2) is 39.1 Å². The van der Waals surface area contributed by atoms with Crippen LogP contribution in [-0.2, 0) is 0 Å². The van der Waals surface area contributed by atoms with Crippen LogP contribution in [0.2, 0.25) is 0 Å². The van der Waals surface area contributed by atoms with Gasteiger partial charge in [0.2, 0.25) is 0 Å². The zero-order valence-corrected chi connectivity index (χ0v) is 14.3. The van der Waals surface area contributed by atoms with Gasteiger partial charge in [0.25, 0.3) is 12.3 Å². The van der Waals surface area contributed by atoms with Crippen molar-refractivity contribution < 1.29 is 18.7 Å². The summed E-state index contributed by atoms with van der Waals surface area (Å²) in [6, 6.07) is 3.51. The van der Waals surface area contributed by atoms with Crippen molar-refractivity contribution in [1.82, 2.24) is 15.3 Å². The lowest BCUT2D eigenvalue weighted by Crippen LogP contribution is -2.46. The molecule has 2 aliphatic rings. The number of rotatable bonds is 4. The summed E-state index contributed by atoms with van der Waals surface area (Å²) in [6.07, 6.45) is 3.50. The van der Waals surface area contributed by atoms with E-state index in [4.69, 9.17) is 0 Å². The Balaban J connectivity index is 1.42. The Morgan fingerprint density at radius 2 is 1.88 bits per heavy atom. The minimum absolute atomic E-state index is 0.0144. The van der Waals surface area contributed by atoms with Gasteiger partial charge in [-0.1, -0.05) is 0 Å². The number of halogens is 2. The molecule has 0 bridgehead atoms. The average Bonchev–Trinajstić information content (AvgIpc) is 3.48. The van der Waals surface area contributed by atoms with Crippen LogP contribution < -0.4 is 5.32 Å². The molecule has 0 atom stereocenters. The SMILES string of the molecule is O=C(N[C@H]1CC[C@@](O)(C(F)F)CC1)c1cnc2cc(C3CC3)ncc2c1. The maximum absolute atomic E-state index is 12.8. The maximum Gasteiger partial charge on any atom is 0.266 e. The van der Waals surface area contributed by atoms with Gasteiger partial charge in [-0.05, 0) is 50.7 Å². The number of hydrogen-bond acceptors (Lipinski definition) is 4. The number of alkyl halides is 2. The van der Waals surface area contributed by atoms with Gasteiger partial charge in [-0.25, -0.2) is 8.78 Å². The van der Waals surface area contributed by atoms with E-state index >= 15 is 0 Å². The van der Waals surface area contributed by atoms with Gasteiger partial charge in [-0.3, -0.25) is 14.8 Å². The van der Waals surface area contributed by atoms with Gasteiger partial charge in [-0.15, -0.1) is 0 Å². The van der Waals surface area contributed by atoms with Gasteiger partial charge >= 0.3 is 0 Å². The molecule has 2 aliphatic carbocycles. The molecule has 0 radical (unpaired) electrons. The number of carbonyl (C=O) groups excluding carboxylic acids is 1. The molecule has 0 spiro atoms. The second kappa shape index (κ2) is 6.54. The number of nitrogens with zero attached hydrogens (tertiary/aromatic N) is 2. The third-order valence-corrected chi connectivity index (χ3v) is 5.44. The third kappa shape index (κ3) is 3.40. The molecule has 7 heteroatoms. The van der Waals surface area contributed by atoms with E-state index in [1.54, 1.807) is 12.3 Å². The number of aromatic nitrogens is 2. The minimum atomic E-state index is -2.75. The monoisotopic (exact) mass is 361 g/mol. The Kier molecular flexibility index (Phi) is 4.34. The molecule has 2 aromatic heterocycles. The fourth-order valence-electron chi connectivity index (χ4n) is 3.51. The van der Waals surface area contributed by atoms with E-state index < -0.39 is 12.0 Å². The lowest BCUT2D eigenvalue weighted by molar-refractivity contribution is -0.119. The summed E-state index contributed by atoms with van der Waals surface area (Å²) in [5.74, 6) is 0.264. The van der Waals surface area contributed by atoms with Gasteiger partial charge in [-0.2, -0.15) is 0 Å². The normalized spacial score (nSPS) is 26.2. The molecular weight excluding hydrogens is 340 g/mol. The number of pyridine rings is 2. The van der Waals surface area contributed by atoms with E-state index in [1.807, 2.05) is 6.07 Å². The molecule has 5 nitrogen and oxygen atoms in total. The number of hydrogen-bond donors (Lipinski definition) is 2. The van der Waals surface area contributed by atoms with Crippen molar-refractivity contribution in [2.24, 2.45) is 0 Å². The molecule has 0 saturated heterocycles. The molecule has 1 amide bonds. The van der Waals surface area contributed by atoms with Gasteiger partial charge in [0.1, 0.15) is 5.60 Å². The lowest BCUT2D eigenvalue weighted by atomic mass is 9.82. The van der Waals surface area contributed by atoms with E-state index in [0.717, 1.165) is 16.6 Å². The van der Waals surface area contributed by atoms with Gasteiger partial charge in [0, 0.05) is 35.4 Å². The molecule has 2 N–H and O–H groups in total. The van der Waals surface area contributed by atoms with Crippen molar-refractivity contribution in [3.63, 3.8) is 0 Å². The molecule has 26 heavy (non-hydrogen) atoms. The van der Waals surface area contributed by atoms with Gasteiger partial charge < -0.3 is 10.4 Å². The standard InChI is InChI=1S/C19H21F2N3O2/c20-18(21)19(26)5-3-14(4-6-19)24-17(25)13-7-12-9-22-15(11-1-2-11)8-16(12)23-10-13/h7-11,14,18,26H,1-6H2,(H,24,25)/t14-,19-. The van der Waals surface area contributed by atoms with Crippen molar-refractivity contribution in [3.05, 3.63) is 35.8 Å². The average molecular weight is 361 g/mol. The Bertz CT molecular complexity index is 831. The number of carbonyl (C=O) groups is 1.